The number of halogens is 1. The summed E-state index contributed by atoms with van der Waals surface area (Å²) in [5.74, 6) is 0.758. The first kappa shape index (κ1) is 19.4. The maximum Gasteiger partial charge on any atom is 0.256 e. The number of aromatic hydroxyl groups is 1. The standard InChI is InChI=1S/C21H25ClN2O3S/c1-21(2,3)10-5-6-12-15(7-10)28-20-16(12)19(26)23-18(24-20)13-8-11(22)9-14(27-4)17(13)25/h8-10,18,24-25H,5-7H2,1-4H3,(H,23,26)/t10-,18+/m1/s1. The molecule has 28 heavy (non-hydrogen) atoms. The Balaban J connectivity index is 1.69. The number of hydrogen-bond acceptors (Lipinski definition) is 5. The van der Waals surface area contributed by atoms with Crippen LogP contribution in [0.3, 0.4) is 0 Å². The summed E-state index contributed by atoms with van der Waals surface area (Å²) >= 11 is 7.83. The lowest BCUT2D eigenvalue weighted by atomic mass is 9.72. The predicted molar refractivity (Wildman–Crippen MR) is 113 cm³/mol. The molecule has 0 bridgehead atoms. The number of carbonyl (C=O) groups is 1. The molecule has 2 heterocycles. The third-order valence-electron chi connectivity index (χ3n) is 5.87. The summed E-state index contributed by atoms with van der Waals surface area (Å²) in [6, 6.07) is 3.19. The van der Waals surface area contributed by atoms with Crippen molar-refractivity contribution in [2.24, 2.45) is 11.3 Å². The molecule has 0 unspecified atom stereocenters. The molecule has 0 saturated heterocycles. The first-order valence-electron chi connectivity index (χ1n) is 9.47. The number of anilines is 1. The van der Waals surface area contributed by atoms with Crippen LogP contribution in [0.15, 0.2) is 12.1 Å². The number of fused-ring (bicyclic) bond motifs is 3. The SMILES string of the molecule is COc1cc(Cl)cc([C@H]2NC(=O)c3c(sc4c3CC[C@@H](C(C)(C)C)C4)N2)c1O. The van der Waals surface area contributed by atoms with Gasteiger partial charge in [-0.2, -0.15) is 0 Å². The smallest absolute Gasteiger partial charge is 0.256 e. The Kier molecular flexibility index (Phi) is 4.74. The number of thiophene rings is 1. The van der Waals surface area contributed by atoms with E-state index < -0.39 is 6.17 Å². The Bertz CT molecular complexity index is 948. The molecule has 1 aromatic carbocycles. The second kappa shape index (κ2) is 6.85. The second-order valence-corrected chi connectivity index (χ2v) is 10.2. The number of amides is 1. The molecule has 3 N–H and O–H groups in total. The molecule has 0 spiro atoms. The molecular weight excluding hydrogens is 396 g/mol. The van der Waals surface area contributed by atoms with Crippen LogP contribution >= 0.6 is 22.9 Å². The van der Waals surface area contributed by atoms with Crippen molar-refractivity contribution in [3.63, 3.8) is 0 Å². The van der Waals surface area contributed by atoms with Crippen LogP contribution in [0.25, 0.3) is 0 Å². The number of nitrogens with one attached hydrogen (secondary N) is 2. The zero-order chi connectivity index (χ0) is 20.2. The van der Waals surface area contributed by atoms with Gasteiger partial charge in [0.25, 0.3) is 5.91 Å². The van der Waals surface area contributed by atoms with Crippen LogP contribution in [0.2, 0.25) is 5.02 Å². The summed E-state index contributed by atoms with van der Waals surface area (Å²) in [5, 5.41) is 18.2. The lowest BCUT2D eigenvalue weighted by molar-refractivity contribution is 0.0934. The fourth-order valence-corrected chi connectivity index (χ4v) is 5.73. The average Bonchev–Trinajstić information content (AvgIpc) is 3.00. The Morgan fingerprint density at radius 3 is 2.71 bits per heavy atom. The van der Waals surface area contributed by atoms with E-state index in [9.17, 15) is 9.90 Å². The summed E-state index contributed by atoms with van der Waals surface area (Å²) in [6.07, 6.45) is 2.47. The molecule has 150 valence electrons. The van der Waals surface area contributed by atoms with Gasteiger partial charge in [-0.3, -0.25) is 4.79 Å². The average molecular weight is 421 g/mol. The Hall–Kier alpha value is -1.92. The summed E-state index contributed by atoms with van der Waals surface area (Å²) in [4.78, 5) is 14.2. The van der Waals surface area contributed by atoms with Crippen LogP contribution < -0.4 is 15.4 Å². The van der Waals surface area contributed by atoms with E-state index in [0.29, 0.717) is 16.5 Å². The van der Waals surface area contributed by atoms with E-state index >= 15 is 0 Å². The molecule has 0 radical (unpaired) electrons. The van der Waals surface area contributed by atoms with Crippen molar-refractivity contribution < 1.29 is 14.6 Å². The minimum absolute atomic E-state index is 0.0257. The summed E-state index contributed by atoms with van der Waals surface area (Å²) in [7, 11) is 1.47. The maximum absolute atomic E-state index is 12.9. The molecular formula is C21H25ClN2O3S. The largest absolute Gasteiger partial charge is 0.504 e. The quantitative estimate of drug-likeness (QED) is 0.630. The molecule has 0 saturated carbocycles. The van der Waals surface area contributed by atoms with Crippen LogP contribution in [0.1, 0.15) is 59.7 Å². The number of benzene rings is 1. The Labute approximate surface area is 174 Å². The highest BCUT2D eigenvalue weighted by atomic mass is 35.5. The number of methoxy groups -OCH3 is 1. The lowest BCUT2D eigenvalue weighted by Crippen LogP contribution is -2.38. The molecule has 5 nitrogen and oxygen atoms in total. The van der Waals surface area contributed by atoms with Gasteiger partial charge in [-0.25, -0.2) is 0 Å². The van der Waals surface area contributed by atoms with E-state index in [1.165, 1.54) is 17.6 Å². The van der Waals surface area contributed by atoms with E-state index in [1.807, 2.05) is 0 Å². The van der Waals surface area contributed by atoms with Gasteiger partial charge in [0.15, 0.2) is 11.5 Å². The van der Waals surface area contributed by atoms with Gasteiger partial charge < -0.3 is 20.5 Å². The van der Waals surface area contributed by atoms with E-state index in [0.717, 1.165) is 29.8 Å². The van der Waals surface area contributed by atoms with Gasteiger partial charge >= 0.3 is 0 Å². The zero-order valence-corrected chi connectivity index (χ0v) is 18.1. The lowest BCUT2D eigenvalue weighted by Gasteiger charge is -2.34. The number of phenols is 1. The highest BCUT2D eigenvalue weighted by Gasteiger charge is 2.37. The minimum Gasteiger partial charge on any atom is -0.504 e. The minimum atomic E-state index is -0.564. The number of ether oxygens (including phenoxy) is 1. The highest BCUT2D eigenvalue weighted by Crippen LogP contribution is 2.47. The van der Waals surface area contributed by atoms with Crippen LogP contribution in [-0.4, -0.2) is 18.1 Å². The van der Waals surface area contributed by atoms with Gasteiger partial charge in [0.1, 0.15) is 11.2 Å². The fourth-order valence-electron chi connectivity index (χ4n) is 4.16. The van der Waals surface area contributed by atoms with Crippen molar-refractivity contribution in [3.8, 4) is 11.5 Å². The monoisotopic (exact) mass is 420 g/mol. The van der Waals surface area contributed by atoms with Gasteiger partial charge in [0, 0.05) is 21.5 Å². The first-order valence-corrected chi connectivity index (χ1v) is 10.7. The van der Waals surface area contributed by atoms with Gasteiger partial charge in [0.05, 0.1) is 12.7 Å². The number of carbonyl (C=O) groups excluding carboxylic acids is 1. The van der Waals surface area contributed by atoms with Crippen molar-refractivity contribution >= 4 is 33.8 Å². The van der Waals surface area contributed by atoms with E-state index in [1.54, 1.807) is 23.5 Å². The number of phenolic OH excluding ortho intramolecular Hbond substituents is 1. The third kappa shape index (κ3) is 3.22. The molecule has 4 rings (SSSR count). The van der Waals surface area contributed by atoms with Crippen LogP contribution in [-0.2, 0) is 12.8 Å². The van der Waals surface area contributed by atoms with E-state index in [2.05, 4.69) is 31.4 Å². The molecule has 1 aromatic heterocycles. The van der Waals surface area contributed by atoms with Crippen molar-refractivity contribution in [2.75, 3.05) is 12.4 Å². The highest BCUT2D eigenvalue weighted by molar-refractivity contribution is 7.16. The Morgan fingerprint density at radius 1 is 1.29 bits per heavy atom. The summed E-state index contributed by atoms with van der Waals surface area (Å²) in [6.45, 7) is 6.85. The van der Waals surface area contributed by atoms with E-state index in [4.69, 9.17) is 16.3 Å². The first-order chi connectivity index (χ1) is 13.2. The fraction of sp³-hybridized carbons (Fsp3) is 0.476. The van der Waals surface area contributed by atoms with Crippen LogP contribution in [0.4, 0.5) is 5.00 Å². The maximum atomic E-state index is 12.9. The van der Waals surface area contributed by atoms with Gasteiger partial charge in [-0.1, -0.05) is 32.4 Å². The molecule has 2 atom stereocenters. The van der Waals surface area contributed by atoms with Gasteiger partial charge in [-0.15, -0.1) is 11.3 Å². The zero-order valence-electron chi connectivity index (χ0n) is 16.5. The predicted octanol–water partition coefficient (Wildman–Crippen LogP) is 5.12. The van der Waals surface area contributed by atoms with Crippen molar-refractivity contribution in [2.45, 2.75) is 46.2 Å². The van der Waals surface area contributed by atoms with Crippen LogP contribution in [0.5, 0.6) is 11.5 Å². The molecule has 1 aliphatic heterocycles. The summed E-state index contributed by atoms with van der Waals surface area (Å²) < 4.78 is 5.19. The van der Waals surface area contributed by atoms with Crippen molar-refractivity contribution in [3.05, 3.63) is 38.7 Å². The molecule has 1 amide bonds. The molecule has 1 aliphatic carbocycles. The molecule has 7 heteroatoms. The normalized spacial score (nSPS) is 21.4. The van der Waals surface area contributed by atoms with Gasteiger partial charge in [0.2, 0.25) is 0 Å². The number of hydrogen-bond donors (Lipinski definition) is 3. The molecule has 2 aromatic rings. The van der Waals surface area contributed by atoms with Crippen LogP contribution in [0, 0.1) is 11.3 Å². The van der Waals surface area contributed by atoms with E-state index in [-0.39, 0.29) is 22.8 Å². The summed E-state index contributed by atoms with van der Waals surface area (Å²) in [5.41, 5.74) is 2.68. The third-order valence-corrected chi connectivity index (χ3v) is 7.27. The Morgan fingerprint density at radius 2 is 2.04 bits per heavy atom. The topological polar surface area (TPSA) is 70.6 Å². The van der Waals surface area contributed by atoms with Gasteiger partial charge in [-0.05, 0) is 42.2 Å². The second-order valence-electron chi connectivity index (χ2n) is 8.61. The molecule has 2 aliphatic rings. The number of rotatable bonds is 2. The van der Waals surface area contributed by atoms with Crippen molar-refractivity contribution in [1.82, 2.24) is 5.32 Å². The molecule has 0 fully saturated rings. The van der Waals surface area contributed by atoms with Crippen molar-refractivity contribution in [1.29, 1.82) is 0 Å².